The minimum atomic E-state index is 0.738. The van der Waals surface area contributed by atoms with Crippen LogP contribution in [0, 0.1) is 0 Å². The Balaban J connectivity index is 2.50. The van der Waals surface area contributed by atoms with Crippen LogP contribution in [0.25, 0.3) is 0 Å². The van der Waals surface area contributed by atoms with E-state index in [0.29, 0.717) is 0 Å². The molecule has 0 saturated heterocycles. The first-order valence-corrected chi connectivity index (χ1v) is 5.45. The largest absolute Gasteiger partial charge is 0.396 e. The summed E-state index contributed by atoms with van der Waals surface area (Å²) in [6, 6.07) is 0. The van der Waals surface area contributed by atoms with E-state index in [0.717, 1.165) is 28.4 Å². The Morgan fingerprint density at radius 1 is 1.43 bits per heavy atom. The van der Waals surface area contributed by atoms with Crippen molar-refractivity contribution >= 4 is 17.1 Å². The average molecular weight is 210 g/mol. The predicted molar refractivity (Wildman–Crippen MR) is 65.1 cm³/mol. The molecule has 0 aromatic carbocycles. The van der Waals surface area contributed by atoms with Gasteiger partial charge in [0.25, 0.3) is 0 Å². The lowest BCUT2D eigenvalue weighted by atomic mass is 9.94. The molecule has 0 radical (unpaired) electrons. The summed E-state index contributed by atoms with van der Waals surface area (Å²) in [6.07, 6.45) is 3.69. The zero-order valence-electron chi connectivity index (χ0n) is 8.97. The van der Waals surface area contributed by atoms with Crippen molar-refractivity contribution in [3.8, 4) is 0 Å². The van der Waals surface area contributed by atoms with Crippen LogP contribution in [0.3, 0.4) is 0 Å². The zero-order valence-corrected chi connectivity index (χ0v) is 9.78. The van der Waals surface area contributed by atoms with Crippen molar-refractivity contribution in [3.63, 3.8) is 0 Å². The molecule has 1 aliphatic carbocycles. The highest BCUT2D eigenvalue weighted by Gasteiger charge is 2.28. The van der Waals surface area contributed by atoms with E-state index in [1.54, 1.807) is 0 Å². The smallest absolute Gasteiger partial charge is 0.0748 e. The summed E-state index contributed by atoms with van der Waals surface area (Å²) < 4.78 is 0. The molecule has 0 unspecified atom stereocenters. The number of nitrogens with two attached hydrogens (primary N) is 1. The van der Waals surface area contributed by atoms with Gasteiger partial charge in [0.05, 0.1) is 16.3 Å². The van der Waals surface area contributed by atoms with Gasteiger partial charge in [-0.2, -0.15) is 0 Å². The lowest BCUT2D eigenvalue weighted by Crippen LogP contribution is -2.35. The van der Waals surface area contributed by atoms with E-state index < -0.39 is 0 Å². The highest BCUT2D eigenvalue weighted by molar-refractivity contribution is 7.81. The number of allylic oxidation sites excluding steroid dienone is 2. The van der Waals surface area contributed by atoms with Gasteiger partial charge in [0, 0.05) is 19.2 Å². The van der Waals surface area contributed by atoms with Gasteiger partial charge in [-0.15, -0.1) is 0 Å². The molecule has 0 amide bonds. The molecular weight excluding hydrogens is 192 g/mol. The quantitative estimate of drug-likeness (QED) is 0.428. The predicted octanol–water partition coefficient (Wildman–Crippen LogP) is 2.22. The Hall–Kier alpha value is -0.830. The van der Waals surface area contributed by atoms with Crippen LogP contribution >= 0.6 is 12.2 Å². The molecule has 1 rings (SSSR count). The molecule has 1 aliphatic rings. The molecule has 0 aromatic heterocycles. The number of likely N-dealkylation sites (N-methyl/N-ethyl adjacent to an activating group) is 1. The molecule has 3 heteroatoms. The van der Waals surface area contributed by atoms with E-state index in [2.05, 4.69) is 18.4 Å². The average Bonchev–Trinajstić information content (AvgIpc) is 2.18. The molecule has 0 fully saturated rings. The summed E-state index contributed by atoms with van der Waals surface area (Å²) >= 11 is 5.05. The van der Waals surface area contributed by atoms with Crippen molar-refractivity contribution in [2.45, 2.75) is 26.2 Å². The van der Waals surface area contributed by atoms with Crippen LogP contribution in [0.15, 0.2) is 23.5 Å². The Labute approximate surface area is 91.5 Å². The van der Waals surface area contributed by atoms with Crippen molar-refractivity contribution in [1.29, 1.82) is 0 Å². The molecule has 0 saturated carbocycles. The number of rotatable bonds is 5. The van der Waals surface area contributed by atoms with E-state index >= 15 is 0 Å². The third kappa shape index (κ3) is 1.98. The van der Waals surface area contributed by atoms with Gasteiger partial charge in [-0.25, -0.2) is 0 Å². The standard InChI is InChI=1S/C11H18N2S/c1-4-5-6-7-13(3)10-8(2)11(14)9(10)12/h2,4-7,12H2,1,3H3. The van der Waals surface area contributed by atoms with E-state index in [1.165, 1.54) is 19.3 Å². The second kappa shape index (κ2) is 4.60. The SMILES string of the molecule is C=C1C(=S)C(N)=C1N(C)CCCCC. The van der Waals surface area contributed by atoms with Gasteiger partial charge in [-0.1, -0.05) is 38.6 Å². The maximum Gasteiger partial charge on any atom is 0.0748 e. The van der Waals surface area contributed by atoms with Crippen LogP contribution in [-0.2, 0) is 0 Å². The minimum absolute atomic E-state index is 0.738. The lowest BCUT2D eigenvalue weighted by molar-refractivity contribution is 0.404. The van der Waals surface area contributed by atoms with E-state index in [-0.39, 0.29) is 0 Å². The number of unbranched alkanes of at least 4 members (excludes halogenated alkanes) is 2. The molecule has 2 nitrogen and oxygen atoms in total. The molecule has 14 heavy (non-hydrogen) atoms. The van der Waals surface area contributed by atoms with E-state index in [1.807, 2.05) is 7.05 Å². The summed E-state index contributed by atoms with van der Waals surface area (Å²) in [7, 11) is 2.05. The monoisotopic (exact) mass is 210 g/mol. The highest BCUT2D eigenvalue weighted by Crippen LogP contribution is 2.29. The molecule has 0 bridgehead atoms. The first-order valence-electron chi connectivity index (χ1n) is 5.04. The molecule has 0 heterocycles. The van der Waals surface area contributed by atoms with Gasteiger partial charge in [-0.3, -0.25) is 0 Å². The normalized spacial score (nSPS) is 15.9. The number of hydrogen-bond acceptors (Lipinski definition) is 3. The summed E-state index contributed by atoms with van der Waals surface area (Å²) in [5.74, 6) is 0. The van der Waals surface area contributed by atoms with E-state index in [4.69, 9.17) is 18.0 Å². The third-order valence-electron chi connectivity index (χ3n) is 2.54. The topological polar surface area (TPSA) is 29.3 Å². The molecule has 78 valence electrons. The second-order valence-corrected chi connectivity index (χ2v) is 4.11. The van der Waals surface area contributed by atoms with Crippen LogP contribution in [0.1, 0.15) is 26.2 Å². The van der Waals surface area contributed by atoms with Gasteiger partial charge in [0.2, 0.25) is 0 Å². The second-order valence-electron chi connectivity index (χ2n) is 3.70. The first kappa shape index (κ1) is 11.2. The molecular formula is C11H18N2S. The fraction of sp³-hybridized carbons (Fsp3) is 0.545. The summed E-state index contributed by atoms with van der Waals surface area (Å²) in [5, 5.41) is 0. The van der Waals surface area contributed by atoms with Crippen LogP contribution in [0.4, 0.5) is 0 Å². The van der Waals surface area contributed by atoms with Gasteiger partial charge in [-0.05, 0) is 6.42 Å². The Morgan fingerprint density at radius 3 is 2.57 bits per heavy atom. The number of thiocarbonyl (C=S) groups is 1. The Morgan fingerprint density at radius 2 is 2.07 bits per heavy atom. The summed E-state index contributed by atoms with van der Waals surface area (Å²) in [6.45, 7) is 7.13. The highest BCUT2D eigenvalue weighted by atomic mass is 32.1. The first-order chi connectivity index (χ1) is 6.59. The van der Waals surface area contributed by atoms with Gasteiger partial charge >= 0.3 is 0 Å². The zero-order chi connectivity index (χ0) is 10.7. The molecule has 0 aromatic rings. The van der Waals surface area contributed by atoms with Gasteiger partial charge < -0.3 is 10.6 Å². The lowest BCUT2D eigenvalue weighted by Gasteiger charge is -2.33. The Kier molecular flexibility index (Phi) is 3.69. The van der Waals surface area contributed by atoms with E-state index in [9.17, 15) is 0 Å². The fourth-order valence-corrected chi connectivity index (χ4v) is 1.82. The van der Waals surface area contributed by atoms with Crippen LogP contribution in [0.5, 0.6) is 0 Å². The van der Waals surface area contributed by atoms with Crippen molar-refractivity contribution in [2.75, 3.05) is 13.6 Å². The molecule has 0 spiro atoms. The van der Waals surface area contributed by atoms with Gasteiger partial charge in [0.1, 0.15) is 0 Å². The maximum absolute atomic E-state index is 5.80. The van der Waals surface area contributed by atoms with Gasteiger partial charge in [0.15, 0.2) is 0 Å². The van der Waals surface area contributed by atoms with Crippen molar-refractivity contribution in [1.82, 2.24) is 4.90 Å². The van der Waals surface area contributed by atoms with Crippen molar-refractivity contribution in [3.05, 3.63) is 23.5 Å². The van der Waals surface area contributed by atoms with Crippen molar-refractivity contribution < 1.29 is 0 Å². The molecule has 2 N–H and O–H groups in total. The summed E-state index contributed by atoms with van der Waals surface area (Å²) in [4.78, 5) is 2.89. The molecule has 0 atom stereocenters. The van der Waals surface area contributed by atoms with Crippen LogP contribution in [0.2, 0.25) is 0 Å². The number of hydrogen-bond donors (Lipinski definition) is 1. The third-order valence-corrected chi connectivity index (χ3v) is 3.00. The van der Waals surface area contributed by atoms with Crippen LogP contribution < -0.4 is 5.73 Å². The fourth-order valence-electron chi connectivity index (χ4n) is 1.62. The van der Waals surface area contributed by atoms with Crippen LogP contribution in [-0.4, -0.2) is 23.4 Å². The molecule has 0 aliphatic heterocycles. The maximum atomic E-state index is 5.80. The number of nitrogens with zero attached hydrogens (tertiary/aromatic N) is 1. The minimum Gasteiger partial charge on any atom is -0.396 e. The van der Waals surface area contributed by atoms with Crippen molar-refractivity contribution in [2.24, 2.45) is 5.73 Å². The summed E-state index contributed by atoms with van der Waals surface area (Å²) in [5.41, 5.74) is 8.51. The Bertz CT molecular complexity index is 292.